The van der Waals surface area contributed by atoms with E-state index in [1.807, 2.05) is 19.9 Å². The summed E-state index contributed by atoms with van der Waals surface area (Å²) in [5.41, 5.74) is -0.290. The molecule has 2 aliphatic heterocycles. The quantitative estimate of drug-likeness (QED) is 0.243. The summed E-state index contributed by atoms with van der Waals surface area (Å²) in [7, 11) is 0. The van der Waals surface area contributed by atoms with Gasteiger partial charge < -0.3 is 10.1 Å². The van der Waals surface area contributed by atoms with Gasteiger partial charge in [0, 0.05) is 60.9 Å². The van der Waals surface area contributed by atoms with E-state index in [4.69, 9.17) is 0 Å². The molecule has 0 bridgehead atoms. The maximum Gasteiger partial charge on any atom is 0.416 e. The lowest BCUT2D eigenvalue weighted by atomic mass is 9.66. The molecule has 4 aromatic rings. The number of carbonyl (C=O) groups excluding carboxylic acids is 2. The van der Waals surface area contributed by atoms with Crippen LogP contribution in [0, 0.1) is 11.2 Å². The molecule has 1 atom stereocenters. The fraction of sp³-hybridized carbons (Fsp3) is 0.344. The van der Waals surface area contributed by atoms with E-state index in [0.29, 0.717) is 42.0 Å². The molecule has 2 saturated heterocycles. The van der Waals surface area contributed by atoms with Gasteiger partial charge in [0.1, 0.15) is 5.82 Å². The molecule has 8 nitrogen and oxygen atoms in total. The zero-order valence-corrected chi connectivity index (χ0v) is 24.1. The number of aromatic nitrogens is 2. The van der Waals surface area contributed by atoms with E-state index in [2.05, 4.69) is 20.2 Å². The number of alkyl halides is 3. The minimum Gasteiger partial charge on any atom is -0.384 e. The van der Waals surface area contributed by atoms with E-state index in [1.54, 1.807) is 24.4 Å². The Kier molecular flexibility index (Phi) is 7.24. The van der Waals surface area contributed by atoms with Gasteiger partial charge in [-0.15, -0.1) is 0 Å². The Labute approximate surface area is 250 Å². The monoisotopic (exact) mass is 609 g/mol. The Hall–Kier alpha value is -4.29. The molecule has 0 aliphatic carbocycles. The maximum absolute atomic E-state index is 16.2. The molecule has 2 aromatic carbocycles. The summed E-state index contributed by atoms with van der Waals surface area (Å²) in [5.74, 6) is -0.999. The number of rotatable bonds is 5. The van der Waals surface area contributed by atoms with Gasteiger partial charge in [-0.1, -0.05) is 32.0 Å². The molecule has 3 N–H and O–H groups in total. The van der Waals surface area contributed by atoms with Crippen molar-refractivity contribution in [2.75, 3.05) is 24.5 Å². The Morgan fingerprint density at radius 2 is 1.84 bits per heavy atom. The van der Waals surface area contributed by atoms with Gasteiger partial charge in [-0.05, 0) is 47.9 Å². The van der Waals surface area contributed by atoms with E-state index in [9.17, 15) is 27.9 Å². The zero-order valence-electron chi connectivity index (χ0n) is 24.1. The number of likely N-dealkylation sites (tertiary alicyclic amines) is 1. The van der Waals surface area contributed by atoms with Crippen LogP contribution in [-0.4, -0.2) is 51.5 Å². The number of benzene rings is 2. The number of amides is 3. The first-order valence-corrected chi connectivity index (χ1v) is 14.2. The number of aromatic amines is 1. The third-order valence-electron chi connectivity index (χ3n) is 8.78. The highest BCUT2D eigenvalue weighted by Gasteiger charge is 2.50. The van der Waals surface area contributed by atoms with Crippen LogP contribution >= 0.6 is 0 Å². The van der Waals surface area contributed by atoms with Crippen molar-refractivity contribution in [3.8, 4) is 11.1 Å². The molecule has 2 fully saturated rings. The SMILES string of the molecule is CC1(C)CN(Cc2cc(-c3cccc(C(F)(F)F)c3)c[nH]2)CCC1(O)c1ccc2ncc(N3CCC(=O)NC3=O)cc2c1F. The third-order valence-corrected chi connectivity index (χ3v) is 8.78. The van der Waals surface area contributed by atoms with E-state index in [0.717, 1.165) is 17.8 Å². The summed E-state index contributed by atoms with van der Waals surface area (Å²) in [5, 5.41) is 14.4. The van der Waals surface area contributed by atoms with Gasteiger partial charge in [-0.3, -0.25) is 24.9 Å². The lowest BCUT2D eigenvalue weighted by Gasteiger charge is -2.50. The van der Waals surface area contributed by atoms with Crippen molar-refractivity contribution in [1.29, 1.82) is 0 Å². The Balaban J connectivity index is 1.22. The first-order valence-electron chi connectivity index (χ1n) is 14.2. The van der Waals surface area contributed by atoms with Crippen molar-refractivity contribution < 1.29 is 32.3 Å². The van der Waals surface area contributed by atoms with E-state index in [-0.39, 0.29) is 36.2 Å². The lowest BCUT2D eigenvalue weighted by molar-refractivity contribution is -0.137. The number of piperidine rings is 1. The molecule has 0 radical (unpaired) electrons. The van der Waals surface area contributed by atoms with Crippen LogP contribution in [0.3, 0.4) is 0 Å². The molecule has 44 heavy (non-hydrogen) atoms. The number of halogens is 4. The highest BCUT2D eigenvalue weighted by Crippen LogP contribution is 2.48. The molecule has 2 aromatic heterocycles. The number of nitrogens with zero attached hydrogens (tertiary/aromatic N) is 3. The first kappa shape index (κ1) is 29.8. The Bertz CT molecular complexity index is 1770. The summed E-state index contributed by atoms with van der Waals surface area (Å²) in [4.78, 5) is 34.8. The summed E-state index contributed by atoms with van der Waals surface area (Å²) in [6, 6.07) is 11.1. The average Bonchev–Trinajstić information content (AvgIpc) is 3.43. The lowest BCUT2D eigenvalue weighted by Crippen LogP contribution is -2.55. The normalized spacial score (nSPS) is 21.1. The summed E-state index contributed by atoms with van der Waals surface area (Å²) in [6.07, 6.45) is -0.958. The molecule has 4 heterocycles. The molecule has 230 valence electrons. The molecule has 3 amide bonds. The third kappa shape index (κ3) is 5.32. The summed E-state index contributed by atoms with van der Waals surface area (Å²) in [6.45, 7) is 5.21. The van der Waals surface area contributed by atoms with Crippen LogP contribution in [0.4, 0.5) is 28.0 Å². The van der Waals surface area contributed by atoms with Crippen molar-refractivity contribution in [1.82, 2.24) is 20.2 Å². The second-order valence-corrected chi connectivity index (χ2v) is 12.1. The van der Waals surface area contributed by atoms with Crippen LogP contribution in [0.2, 0.25) is 0 Å². The zero-order chi connectivity index (χ0) is 31.4. The smallest absolute Gasteiger partial charge is 0.384 e. The molecule has 12 heteroatoms. The first-order chi connectivity index (χ1) is 20.7. The molecule has 6 rings (SSSR count). The van der Waals surface area contributed by atoms with Crippen LogP contribution in [0.5, 0.6) is 0 Å². The number of nitrogens with one attached hydrogen (secondary N) is 2. The van der Waals surface area contributed by atoms with Gasteiger partial charge in [-0.25, -0.2) is 9.18 Å². The van der Waals surface area contributed by atoms with Crippen molar-refractivity contribution >= 4 is 28.5 Å². The number of carbonyl (C=O) groups is 2. The molecule has 2 aliphatic rings. The number of pyridine rings is 1. The van der Waals surface area contributed by atoms with Gasteiger partial charge >= 0.3 is 12.2 Å². The van der Waals surface area contributed by atoms with Gasteiger partial charge in [0.05, 0.1) is 28.6 Å². The predicted molar refractivity (Wildman–Crippen MR) is 156 cm³/mol. The minimum absolute atomic E-state index is 0.117. The topological polar surface area (TPSA) is 102 Å². The maximum atomic E-state index is 16.2. The Morgan fingerprint density at radius 1 is 1.05 bits per heavy atom. The van der Waals surface area contributed by atoms with Gasteiger partial charge in [0.25, 0.3) is 0 Å². The molecule has 0 spiro atoms. The molecule has 1 unspecified atom stereocenters. The predicted octanol–water partition coefficient (Wildman–Crippen LogP) is 5.95. The molecular formula is C32H31F4N5O3. The number of imide groups is 1. The second kappa shape index (κ2) is 10.7. The van der Waals surface area contributed by atoms with Crippen molar-refractivity contribution in [3.05, 3.63) is 83.6 Å². The highest BCUT2D eigenvalue weighted by molar-refractivity contribution is 6.06. The van der Waals surface area contributed by atoms with Crippen molar-refractivity contribution in [2.45, 2.75) is 45.0 Å². The highest BCUT2D eigenvalue weighted by atomic mass is 19.4. The van der Waals surface area contributed by atoms with Crippen LogP contribution in [0.25, 0.3) is 22.0 Å². The summed E-state index contributed by atoms with van der Waals surface area (Å²) >= 11 is 0. The fourth-order valence-corrected chi connectivity index (χ4v) is 6.31. The fourth-order valence-electron chi connectivity index (χ4n) is 6.31. The number of hydrogen-bond acceptors (Lipinski definition) is 5. The van der Waals surface area contributed by atoms with E-state index in [1.165, 1.54) is 23.2 Å². The average molecular weight is 610 g/mol. The number of anilines is 1. The van der Waals surface area contributed by atoms with Crippen LogP contribution in [0.1, 0.15) is 43.5 Å². The van der Waals surface area contributed by atoms with Gasteiger partial charge in [0.2, 0.25) is 5.91 Å². The van der Waals surface area contributed by atoms with Gasteiger partial charge in [0.15, 0.2) is 0 Å². The molecular weight excluding hydrogens is 578 g/mol. The number of hydrogen-bond donors (Lipinski definition) is 3. The number of urea groups is 1. The van der Waals surface area contributed by atoms with Crippen LogP contribution in [-0.2, 0) is 23.1 Å². The standard InChI is InChI=1S/C32H31F4N5O3/c1-30(2)18-40(17-22-13-20(15-37-22)19-4-3-5-21(12-19)32(34,35)36)11-9-31(30,44)25-6-7-26-24(28(25)33)14-23(16-38-26)41-10-8-27(42)39-29(41)43/h3-7,12-16,37,44H,8-11,17-18H2,1-2H3,(H,39,42,43). The largest absolute Gasteiger partial charge is 0.416 e. The van der Waals surface area contributed by atoms with Crippen LogP contribution in [0.15, 0.2) is 60.9 Å². The van der Waals surface area contributed by atoms with E-state index < -0.39 is 34.6 Å². The van der Waals surface area contributed by atoms with Gasteiger partial charge in [-0.2, -0.15) is 13.2 Å². The minimum atomic E-state index is -4.43. The number of fused-ring (bicyclic) bond motifs is 1. The second-order valence-electron chi connectivity index (χ2n) is 12.1. The van der Waals surface area contributed by atoms with Crippen LogP contribution < -0.4 is 10.2 Å². The van der Waals surface area contributed by atoms with E-state index >= 15 is 4.39 Å². The summed E-state index contributed by atoms with van der Waals surface area (Å²) < 4.78 is 55.8. The van der Waals surface area contributed by atoms with Crippen molar-refractivity contribution in [2.24, 2.45) is 5.41 Å². The van der Waals surface area contributed by atoms with Crippen molar-refractivity contribution in [3.63, 3.8) is 0 Å². The number of H-pyrrole nitrogens is 1. The molecule has 0 saturated carbocycles. The Morgan fingerprint density at radius 3 is 2.57 bits per heavy atom. The number of aliphatic hydroxyl groups is 1.